The van der Waals surface area contributed by atoms with Gasteiger partial charge in [-0.25, -0.2) is 4.39 Å². The van der Waals surface area contributed by atoms with Crippen LogP contribution < -0.4 is 11.1 Å². The highest BCUT2D eigenvalue weighted by molar-refractivity contribution is 6.04. The quantitative estimate of drug-likeness (QED) is 0.593. The first kappa shape index (κ1) is 21.2. The van der Waals surface area contributed by atoms with E-state index in [1.54, 1.807) is 29.2 Å². The van der Waals surface area contributed by atoms with Crippen molar-refractivity contribution in [3.8, 4) is 0 Å². The third-order valence-corrected chi connectivity index (χ3v) is 4.59. The van der Waals surface area contributed by atoms with Crippen LogP contribution in [0.2, 0.25) is 0 Å². The van der Waals surface area contributed by atoms with Crippen LogP contribution in [0.15, 0.2) is 78.9 Å². The maximum atomic E-state index is 13.4. The summed E-state index contributed by atoms with van der Waals surface area (Å²) in [7, 11) is 0. The van der Waals surface area contributed by atoms with Crippen LogP contribution in [0.4, 0.5) is 10.1 Å². The molecule has 0 atom stereocenters. The van der Waals surface area contributed by atoms with Gasteiger partial charge in [-0.3, -0.25) is 9.59 Å². The lowest BCUT2D eigenvalue weighted by Crippen LogP contribution is -2.32. The number of halogens is 1. The summed E-state index contributed by atoms with van der Waals surface area (Å²) >= 11 is 0. The third-order valence-electron chi connectivity index (χ3n) is 4.59. The summed E-state index contributed by atoms with van der Waals surface area (Å²) < 4.78 is 13.4. The predicted molar refractivity (Wildman–Crippen MR) is 116 cm³/mol. The molecule has 0 aromatic heterocycles. The molecular formula is C24H24FN3O2. The average Bonchev–Trinajstić information content (AvgIpc) is 2.77. The highest BCUT2D eigenvalue weighted by atomic mass is 19.1. The van der Waals surface area contributed by atoms with Crippen molar-refractivity contribution < 1.29 is 14.0 Å². The Kier molecular flexibility index (Phi) is 7.29. The molecule has 0 fully saturated rings. The van der Waals surface area contributed by atoms with Crippen molar-refractivity contribution in [3.05, 3.63) is 101 Å². The van der Waals surface area contributed by atoms with Crippen LogP contribution in [0.25, 0.3) is 0 Å². The second kappa shape index (κ2) is 10.3. The molecule has 0 spiro atoms. The summed E-state index contributed by atoms with van der Waals surface area (Å²) in [6, 6.07) is 21.9. The van der Waals surface area contributed by atoms with Gasteiger partial charge in [-0.15, -0.1) is 0 Å². The topological polar surface area (TPSA) is 75.4 Å². The van der Waals surface area contributed by atoms with Crippen molar-refractivity contribution in [2.45, 2.75) is 13.0 Å². The number of rotatable bonds is 8. The van der Waals surface area contributed by atoms with Crippen molar-refractivity contribution in [3.63, 3.8) is 0 Å². The van der Waals surface area contributed by atoms with Gasteiger partial charge in [-0.05, 0) is 61.0 Å². The second-order valence-electron chi connectivity index (χ2n) is 6.90. The van der Waals surface area contributed by atoms with Crippen molar-refractivity contribution in [1.82, 2.24) is 4.90 Å². The maximum Gasteiger partial charge on any atom is 0.255 e. The molecule has 0 bridgehead atoms. The van der Waals surface area contributed by atoms with Gasteiger partial charge in [0.05, 0.1) is 0 Å². The van der Waals surface area contributed by atoms with E-state index in [9.17, 15) is 14.0 Å². The van der Waals surface area contributed by atoms with E-state index in [0.717, 1.165) is 5.56 Å². The van der Waals surface area contributed by atoms with E-state index >= 15 is 0 Å². The van der Waals surface area contributed by atoms with Gasteiger partial charge < -0.3 is 16.0 Å². The van der Waals surface area contributed by atoms with Gasteiger partial charge in [0.25, 0.3) is 11.8 Å². The zero-order valence-corrected chi connectivity index (χ0v) is 16.6. The molecule has 0 saturated heterocycles. The zero-order chi connectivity index (χ0) is 21.3. The van der Waals surface area contributed by atoms with E-state index < -0.39 is 11.7 Å². The number of carbonyl (C=O) groups excluding carboxylic acids is 2. The lowest BCUT2D eigenvalue weighted by Gasteiger charge is -2.23. The Labute approximate surface area is 175 Å². The summed E-state index contributed by atoms with van der Waals surface area (Å²) in [5.74, 6) is -0.934. The molecule has 0 heterocycles. The average molecular weight is 405 g/mol. The van der Waals surface area contributed by atoms with Gasteiger partial charge >= 0.3 is 0 Å². The first-order chi connectivity index (χ1) is 14.6. The number of amides is 2. The molecule has 3 aromatic carbocycles. The largest absolute Gasteiger partial charge is 0.334 e. The Morgan fingerprint density at radius 2 is 1.63 bits per heavy atom. The van der Waals surface area contributed by atoms with E-state index in [-0.39, 0.29) is 11.5 Å². The Balaban J connectivity index is 1.74. The van der Waals surface area contributed by atoms with Crippen molar-refractivity contribution in [2.75, 3.05) is 18.4 Å². The van der Waals surface area contributed by atoms with Crippen LogP contribution >= 0.6 is 0 Å². The first-order valence-corrected chi connectivity index (χ1v) is 9.77. The summed E-state index contributed by atoms with van der Waals surface area (Å²) in [6.45, 7) is 1.41. The number of benzene rings is 3. The predicted octanol–water partition coefficient (Wildman–Crippen LogP) is 4.07. The van der Waals surface area contributed by atoms with Crippen LogP contribution in [0.5, 0.6) is 0 Å². The highest BCUT2D eigenvalue weighted by Gasteiger charge is 2.16. The monoisotopic (exact) mass is 405 g/mol. The van der Waals surface area contributed by atoms with E-state index in [4.69, 9.17) is 5.73 Å². The van der Waals surface area contributed by atoms with Crippen LogP contribution in [0.1, 0.15) is 32.7 Å². The smallest absolute Gasteiger partial charge is 0.255 e. The first-order valence-electron chi connectivity index (χ1n) is 9.77. The fraction of sp³-hybridized carbons (Fsp3) is 0.167. The molecule has 5 nitrogen and oxygen atoms in total. The minimum atomic E-state index is -0.466. The molecule has 6 heteroatoms. The molecule has 0 saturated carbocycles. The van der Waals surface area contributed by atoms with E-state index in [1.165, 1.54) is 18.2 Å². The van der Waals surface area contributed by atoms with Crippen molar-refractivity contribution in [1.29, 1.82) is 0 Å². The molecule has 30 heavy (non-hydrogen) atoms. The number of nitrogens with zero attached hydrogens (tertiary/aromatic N) is 1. The Morgan fingerprint density at radius 3 is 2.37 bits per heavy atom. The molecule has 3 N–H and O–H groups in total. The van der Waals surface area contributed by atoms with Crippen LogP contribution in [0.3, 0.4) is 0 Å². The minimum Gasteiger partial charge on any atom is -0.334 e. The molecule has 2 amide bonds. The number of nitrogens with one attached hydrogen (secondary N) is 1. The molecule has 0 radical (unpaired) electrons. The number of anilines is 1. The molecule has 0 aliphatic rings. The van der Waals surface area contributed by atoms with Gasteiger partial charge in [0.2, 0.25) is 0 Å². The molecule has 0 aliphatic heterocycles. The summed E-state index contributed by atoms with van der Waals surface area (Å²) in [5, 5.41) is 2.77. The summed E-state index contributed by atoms with van der Waals surface area (Å²) in [4.78, 5) is 27.0. The summed E-state index contributed by atoms with van der Waals surface area (Å²) in [6.07, 6.45) is 0.689. The maximum absolute atomic E-state index is 13.4. The molecule has 0 aliphatic carbocycles. The van der Waals surface area contributed by atoms with Gasteiger partial charge in [0.1, 0.15) is 5.82 Å². The number of nitrogens with two attached hydrogens (primary N) is 1. The van der Waals surface area contributed by atoms with Gasteiger partial charge in [-0.1, -0.05) is 36.4 Å². The minimum absolute atomic E-state index is 0.0711. The Bertz CT molecular complexity index is 1010. The fourth-order valence-electron chi connectivity index (χ4n) is 3.10. The van der Waals surface area contributed by atoms with Gasteiger partial charge in [0.15, 0.2) is 0 Å². The lowest BCUT2D eigenvalue weighted by molar-refractivity contribution is 0.0742. The lowest BCUT2D eigenvalue weighted by atomic mass is 10.1. The highest BCUT2D eigenvalue weighted by Crippen LogP contribution is 2.16. The van der Waals surface area contributed by atoms with Crippen LogP contribution in [-0.2, 0) is 6.54 Å². The van der Waals surface area contributed by atoms with Crippen LogP contribution in [-0.4, -0.2) is 29.8 Å². The second-order valence-corrected chi connectivity index (χ2v) is 6.90. The zero-order valence-electron chi connectivity index (χ0n) is 16.6. The normalized spacial score (nSPS) is 10.5. The van der Waals surface area contributed by atoms with Gasteiger partial charge in [0, 0.05) is 29.9 Å². The molecule has 3 rings (SSSR count). The van der Waals surface area contributed by atoms with Crippen molar-refractivity contribution in [2.24, 2.45) is 5.73 Å². The number of hydrogen-bond acceptors (Lipinski definition) is 3. The van der Waals surface area contributed by atoms with E-state index in [1.807, 2.05) is 36.4 Å². The third kappa shape index (κ3) is 5.75. The Morgan fingerprint density at radius 1 is 0.900 bits per heavy atom. The van der Waals surface area contributed by atoms with E-state index in [0.29, 0.717) is 37.3 Å². The molecule has 154 valence electrons. The van der Waals surface area contributed by atoms with Crippen molar-refractivity contribution >= 4 is 17.5 Å². The van der Waals surface area contributed by atoms with Crippen LogP contribution in [0, 0.1) is 5.82 Å². The number of hydrogen-bond donors (Lipinski definition) is 2. The Hall–Kier alpha value is -3.51. The van der Waals surface area contributed by atoms with Gasteiger partial charge in [-0.2, -0.15) is 0 Å². The molecular weight excluding hydrogens is 381 g/mol. The SMILES string of the molecule is NCCCN(Cc1cccc(NC(=O)c2cccc(F)c2)c1)C(=O)c1ccccc1. The number of carbonyl (C=O) groups is 2. The standard InChI is InChI=1S/C24H24FN3O2/c25-21-11-5-10-20(16-21)23(29)27-22-12-4-7-18(15-22)17-28(14-6-13-26)24(30)19-8-2-1-3-9-19/h1-5,7-12,15-16H,6,13-14,17,26H2,(H,27,29). The molecule has 0 unspecified atom stereocenters. The fourth-order valence-corrected chi connectivity index (χ4v) is 3.10. The summed E-state index contributed by atoms with van der Waals surface area (Å²) in [5.41, 5.74) is 7.94. The molecule has 3 aromatic rings. The van der Waals surface area contributed by atoms with E-state index in [2.05, 4.69) is 5.32 Å².